The van der Waals surface area contributed by atoms with Gasteiger partial charge in [-0.25, -0.2) is 13.2 Å². The van der Waals surface area contributed by atoms with E-state index in [-0.39, 0.29) is 11.4 Å². The van der Waals surface area contributed by atoms with Crippen LogP contribution in [0.15, 0.2) is 68.7 Å². The highest BCUT2D eigenvalue weighted by Gasteiger charge is 2.21. The van der Waals surface area contributed by atoms with Crippen LogP contribution in [0.4, 0.5) is 5.69 Å². The summed E-state index contributed by atoms with van der Waals surface area (Å²) >= 11 is 0. The number of anilines is 1. The van der Waals surface area contributed by atoms with Crippen LogP contribution in [0.1, 0.15) is 5.56 Å². The Morgan fingerprint density at radius 3 is 2.27 bits per heavy atom. The third-order valence-electron chi connectivity index (χ3n) is 4.16. The second-order valence-electron chi connectivity index (χ2n) is 6.28. The van der Waals surface area contributed by atoms with Crippen LogP contribution in [0.25, 0.3) is 11.0 Å². The van der Waals surface area contributed by atoms with Gasteiger partial charge in [-0.15, -0.1) is 0 Å². The maximum Gasteiger partial charge on any atom is 0.336 e. The molecule has 0 bridgehead atoms. The van der Waals surface area contributed by atoms with Crippen LogP contribution < -0.4 is 10.5 Å². The second-order valence-corrected chi connectivity index (χ2v) is 8.32. The molecule has 0 spiro atoms. The molecule has 0 aliphatic rings. The van der Waals surface area contributed by atoms with Gasteiger partial charge in [0.25, 0.3) is 0 Å². The molecule has 0 radical (unpaired) electrons. The fraction of sp³-hybridized carbons (Fsp3) is 0.211. The molecular weight excluding hydrogens is 352 g/mol. The minimum absolute atomic E-state index is 0.159. The van der Waals surface area contributed by atoms with Crippen LogP contribution in [-0.4, -0.2) is 33.9 Å². The summed E-state index contributed by atoms with van der Waals surface area (Å²) in [5, 5.41) is 0.564. The molecule has 0 N–H and O–H groups in total. The van der Waals surface area contributed by atoms with E-state index in [0.29, 0.717) is 11.0 Å². The van der Waals surface area contributed by atoms with E-state index in [4.69, 9.17) is 4.42 Å². The van der Waals surface area contributed by atoms with Gasteiger partial charge in [-0.2, -0.15) is 4.31 Å². The highest BCUT2D eigenvalue weighted by Crippen LogP contribution is 2.22. The van der Waals surface area contributed by atoms with E-state index in [9.17, 15) is 13.2 Å². The summed E-state index contributed by atoms with van der Waals surface area (Å²) in [7, 11) is 1.79. The van der Waals surface area contributed by atoms with E-state index in [0.717, 1.165) is 11.3 Å². The summed E-state index contributed by atoms with van der Waals surface area (Å²) in [4.78, 5) is 13.4. The van der Waals surface area contributed by atoms with Crippen molar-refractivity contribution in [3.63, 3.8) is 0 Å². The normalized spacial score (nSPS) is 11.8. The van der Waals surface area contributed by atoms with Crippen molar-refractivity contribution in [2.45, 2.75) is 11.4 Å². The fourth-order valence-electron chi connectivity index (χ4n) is 2.63. The topological polar surface area (TPSA) is 70.8 Å². The average molecular weight is 372 g/mol. The minimum atomic E-state index is -3.66. The Hall–Kier alpha value is -2.64. The summed E-state index contributed by atoms with van der Waals surface area (Å²) < 4.78 is 32.0. The lowest BCUT2D eigenvalue weighted by Crippen LogP contribution is -2.26. The molecule has 2 aromatic carbocycles. The monoisotopic (exact) mass is 372 g/mol. The zero-order valence-electron chi connectivity index (χ0n) is 14.8. The Bertz CT molecular complexity index is 1090. The smallest absolute Gasteiger partial charge is 0.336 e. The summed E-state index contributed by atoms with van der Waals surface area (Å²) in [6.07, 6.45) is 0. The SMILES string of the molecule is CN(C)c1ccc(CN(C)S(=O)(=O)c2ccc3oc(=O)ccc3c2)cc1. The lowest BCUT2D eigenvalue weighted by molar-refractivity contribution is 0.467. The average Bonchev–Trinajstić information content (AvgIpc) is 2.61. The molecular formula is C19H20N2O4S. The summed E-state index contributed by atoms with van der Waals surface area (Å²) in [5.41, 5.74) is 1.84. The molecule has 0 saturated heterocycles. The van der Waals surface area contributed by atoms with Gasteiger partial charge in [0.2, 0.25) is 10.0 Å². The number of benzene rings is 2. The minimum Gasteiger partial charge on any atom is -0.423 e. The van der Waals surface area contributed by atoms with Crippen LogP contribution in [0, 0.1) is 0 Å². The quantitative estimate of drug-likeness (QED) is 0.644. The first-order valence-corrected chi connectivity index (χ1v) is 9.48. The van der Waals surface area contributed by atoms with E-state index in [2.05, 4.69) is 0 Å². The van der Waals surface area contributed by atoms with Crippen molar-refractivity contribution in [2.24, 2.45) is 0 Å². The lowest BCUT2D eigenvalue weighted by atomic mass is 10.2. The van der Waals surface area contributed by atoms with Gasteiger partial charge in [-0.05, 0) is 42.0 Å². The van der Waals surface area contributed by atoms with E-state index in [1.165, 1.54) is 28.6 Å². The Balaban J connectivity index is 1.86. The van der Waals surface area contributed by atoms with Crippen molar-refractivity contribution >= 4 is 26.7 Å². The third kappa shape index (κ3) is 3.63. The number of hydrogen-bond donors (Lipinski definition) is 0. The van der Waals surface area contributed by atoms with E-state index in [1.54, 1.807) is 13.1 Å². The van der Waals surface area contributed by atoms with Crippen LogP contribution in [-0.2, 0) is 16.6 Å². The number of nitrogens with zero attached hydrogens (tertiary/aromatic N) is 2. The molecule has 0 atom stereocenters. The molecule has 0 aliphatic carbocycles. The molecule has 0 saturated carbocycles. The Morgan fingerprint density at radius 1 is 0.923 bits per heavy atom. The van der Waals surface area contributed by atoms with Crippen LogP contribution in [0.2, 0.25) is 0 Å². The van der Waals surface area contributed by atoms with Crippen molar-refractivity contribution in [1.82, 2.24) is 4.31 Å². The second kappa shape index (κ2) is 6.93. The molecule has 7 heteroatoms. The van der Waals surface area contributed by atoms with Crippen molar-refractivity contribution in [2.75, 3.05) is 26.0 Å². The molecule has 0 aliphatic heterocycles. The van der Waals surface area contributed by atoms with Crippen molar-refractivity contribution < 1.29 is 12.8 Å². The summed E-state index contributed by atoms with van der Waals surface area (Å²) in [5.74, 6) is 0. The molecule has 0 amide bonds. The molecule has 136 valence electrons. The first-order chi connectivity index (χ1) is 12.3. The number of sulfonamides is 1. The summed E-state index contributed by atoms with van der Waals surface area (Å²) in [6.45, 7) is 0.262. The predicted molar refractivity (Wildman–Crippen MR) is 102 cm³/mol. The first-order valence-electron chi connectivity index (χ1n) is 8.04. The molecule has 26 heavy (non-hydrogen) atoms. The standard InChI is InChI=1S/C19H20N2O4S/c1-20(2)16-7-4-14(5-8-16)13-21(3)26(23,24)17-9-10-18-15(12-17)6-11-19(22)25-18/h4-12H,13H2,1-3H3. The highest BCUT2D eigenvalue weighted by molar-refractivity contribution is 7.89. The number of fused-ring (bicyclic) bond motifs is 1. The van der Waals surface area contributed by atoms with E-state index >= 15 is 0 Å². The highest BCUT2D eigenvalue weighted by atomic mass is 32.2. The van der Waals surface area contributed by atoms with Gasteiger partial charge in [0.1, 0.15) is 5.58 Å². The lowest BCUT2D eigenvalue weighted by Gasteiger charge is -2.18. The van der Waals surface area contributed by atoms with Crippen molar-refractivity contribution in [3.8, 4) is 0 Å². The van der Waals surface area contributed by atoms with Crippen LogP contribution in [0.3, 0.4) is 0 Å². The van der Waals surface area contributed by atoms with Gasteiger partial charge in [0, 0.05) is 44.8 Å². The van der Waals surface area contributed by atoms with E-state index < -0.39 is 15.6 Å². The largest absolute Gasteiger partial charge is 0.423 e. The maximum absolute atomic E-state index is 12.8. The van der Waals surface area contributed by atoms with Gasteiger partial charge in [-0.3, -0.25) is 0 Å². The number of rotatable bonds is 5. The maximum atomic E-state index is 12.8. The van der Waals surface area contributed by atoms with Crippen molar-refractivity contribution in [1.29, 1.82) is 0 Å². The molecule has 1 heterocycles. The van der Waals surface area contributed by atoms with Crippen LogP contribution >= 0.6 is 0 Å². The van der Waals surface area contributed by atoms with Gasteiger partial charge >= 0.3 is 5.63 Å². The molecule has 3 rings (SSSR count). The number of hydrogen-bond acceptors (Lipinski definition) is 5. The fourth-order valence-corrected chi connectivity index (χ4v) is 3.83. The molecule has 0 unspecified atom stereocenters. The van der Waals surface area contributed by atoms with Gasteiger partial charge < -0.3 is 9.32 Å². The van der Waals surface area contributed by atoms with Crippen LogP contribution in [0.5, 0.6) is 0 Å². The molecule has 6 nitrogen and oxygen atoms in total. The van der Waals surface area contributed by atoms with Crippen molar-refractivity contribution in [3.05, 3.63) is 70.6 Å². The third-order valence-corrected chi connectivity index (χ3v) is 5.96. The van der Waals surface area contributed by atoms with Gasteiger partial charge in [0.15, 0.2) is 0 Å². The Kier molecular flexibility index (Phi) is 4.84. The summed E-state index contributed by atoms with van der Waals surface area (Å²) in [6, 6.07) is 15.0. The predicted octanol–water partition coefficient (Wildman–Crippen LogP) is 2.68. The van der Waals surface area contributed by atoms with Gasteiger partial charge in [-0.1, -0.05) is 12.1 Å². The molecule has 3 aromatic rings. The zero-order valence-corrected chi connectivity index (χ0v) is 15.7. The molecule has 0 fully saturated rings. The zero-order chi connectivity index (χ0) is 18.9. The molecule has 1 aromatic heterocycles. The Morgan fingerprint density at radius 2 is 1.62 bits per heavy atom. The van der Waals surface area contributed by atoms with Gasteiger partial charge in [0.05, 0.1) is 4.90 Å². The Labute approximate surface area is 152 Å². The first kappa shape index (κ1) is 18.2. The van der Waals surface area contributed by atoms with E-state index in [1.807, 2.05) is 43.3 Å².